The van der Waals surface area contributed by atoms with Crippen LogP contribution in [0.2, 0.25) is 0 Å². The molecule has 1 heterocycles. The first-order chi connectivity index (χ1) is 10.1. The Hall–Kier alpha value is -0.0400. The Morgan fingerprint density at radius 2 is 1.91 bits per heavy atom. The van der Waals surface area contributed by atoms with Gasteiger partial charge in [0.15, 0.2) is 5.96 Å². The lowest BCUT2D eigenvalue weighted by molar-refractivity contribution is 0.162. The Morgan fingerprint density at radius 1 is 1.18 bits per heavy atom. The highest BCUT2D eigenvalue weighted by Crippen LogP contribution is 2.18. The topological polar surface area (TPSA) is 53.6 Å². The number of nitrogens with one attached hydrogen (secondary N) is 1. The molecule has 130 valence electrons. The van der Waals surface area contributed by atoms with Crippen molar-refractivity contribution in [2.24, 2.45) is 22.6 Å². The van der Waals surface area contributed by atoms with E-state index in [-0.39, 0.29) is 24.0 Å². The fraction of sp³-hybridized carbons (Fsp3) is 0.941. The summed E-state index contributed by atoms with van der Waals surface area (Å²) in [5.74, 6) is 2.11. The average molecular weight is 422 g/mol. The number of rotatable bonds is 5. The molecule has 1 unspecified atom stereocenters. The van der Waals surface area contributed by atoms with Gasteiger partial charge in [-0.1, -0.05) is 33.1 Å². The Morgan fingerprint density at radius 3 is 2.59 bits per heavy atom. The third kappa shape index (κ3) is 7.49. The van der Waals surface area contributed by atoms with Crippen LogP contribution in [0.5, 0.6) is 0 Å². The fourth-order valence-corrected chi connectivity index (χ4v) is 3.71. The highest BCUT2D eigenvalue weighted by Gasteiger charge is 2.20. The molecule has 3 N–H and O–H groups in total. The van der Waals surface area contributed by atoms with E-state index < -0.39 is 0 Å². The molecule has 2 aliphatic rings. The van der Waals surface area contributed by atoms with Gasteiger partial charge in [-0.05, 0) is 44.1 Å². The van der Waals surface area contributed by atoms with E-state index in [4.69, 9.17) is 5.73 Å². The van der Waals surface area contributed by atoms with Gasteiger partial charge in [-0.2, -0.15) is 0 Å². The zero-order valence-electron chi connectivity index (χ0n) is 14.4. The highest BCUT2D eigenvalue weighted by atomic mass is 127. The molecule has 22 heavy (non-hydrogen) atoms. The van der Waals surface area contributed by atoms with Crippen LogP contribution < -0.4 is 11.1 Å². The molecule has 0 spiro atoms. The van der Waals surface area contributed by atoms with Crippen molar-refractivity contribution in [3.05, 3.63) is 0 Å². The third-order valence-electron chi connectivity index (χ3n) is 4.70. The molecule has 0 radical (unpaired) electrons. The van der Waals surface area contributed by atoms with Gasteiger partial charge < -0.3 is 16.0 Å². The van der Waals surface area contributed by atoms with E-state index in [2.05, 4.69) is 29.1 Å². The van der Waals surface area contributed by atoms with Crippen LogP contribution in [0.25, 0.3) is 0 Å². The predicted molar refractivity (Wildman–Crippen MR) is 106 cm³/mol. The summed E-state index contributed by atoms with van der Waals surface area (Å²) in [4.78, 5) is 7.21. The number of likely N-dealkylation sites (tertiary alicyclic amines) is 1. The third-order valence-corrected chi connectivity index (χ3v) is 4.70. The van der Waals surface area contributed by atoms with Gasteiger partial charge in [0, 0.05) is 25.7 Å². The molecule has 2 fully saturated rings. The minimum Gasteiger partial charge on any atom is -0.370 e. The summed E-state index contributed by atoms with van der Waals surface area (Å²) < 4.78 is 0. The minimum atomic E-state index is 0. The summed E-state index contributed by atoms with van der Waals surface area (Å²) in [5, 5.41) is 3.42. The standard InChI is InChI=1S/C17H34N4.HI/c1-14(2)12-21-10-6-7-15(13-21)11-19-17(18)20-16-8-4-3-5-9-16;/h14-16H,3-13H2,1-2H3,(H3,18,19,20);1H. The second-order valence-electron chi connectivity index (χ2n) is 7.37. The van der Waals surface area contributed by atoms with Crippen molar-refractivity contribution in [3.8, 4) is 0 Å². The quantitative estimate of drug-likeness (QED) is 0.407. The number of aliphatic imine (C=N–C) groups is 1. The van der Waals surface area contributed by atoms with Crippen molar-refractivity contribution in [2.45, 2.75) is 64.8 Å². The van der Waals surface area contributed by atoms with Gasteiger partial charge in [-0.25, -0.2) is 0 Å². The van der Waals surface area contributed by atoms with Gasteiger partial charge in [-0.3, -0.25) is 4.99 Å². The summed E-state index contributed by atoms with van der Waals surface area (Å²) in [6.07, 6.45) is 9.15. The molecule has 2 rings (SSSR count). The summed E-state index contributed by atoms with van der Waals surface area (Å²) in [5.41, 5.74) is 6.06. The minimum absolute atomic E-state index is 0. The van der Waals surface area contributed by atoms with E-state index in [1.165, 1.54) is 64.6 Å². The van der Waals surface area contributed by atoms with Crippen molar-refractivity contribution in [1.82, 2.24) is 10.2 Å². The monoisotopic (exact) mass is 422 g/mol. The molecule has 0 aromatic carbocycles. The van der Waals surface area contributed by atoms with E-state index in [0.29, 0.717) is 17.9 Å². The molecule has 4 nitrogen and oxygen atoms in total. The van der Waals surface area contributed by atoms with Crippen molar-refractivity contribution >= 4 is 29.9 Å². The number of hydrogen-bond donors (Lipinski definition) is 2. The second kappa shape index (κ2) is 10.7. The second-order valence-corrected chi connectivity index (χ2v) is 7.37. The van der Waals surface area contributed by atoms with Crippen LogP contribution in [-0.4, -0.2) is 43.1 Å². The number of halogens is 1. The largest absolute Gasteiger partial charge is 0.370 e. The summed E-state index contributed by atoms with van der Waals surface area (Å²) in [7, 11) is 0. The number of nitrogens with two attached hydrogens (primary N) is 1. The Balaban J connectivity index is 0.00000242. The van der Waals surface area contributed by atoms with Crippen molar-refractivity contribution in [1.29, 1.82) is 0 Å². The number of piperidine rings is 1. The molecule has 0 amide bonds. The van der Waals surface area contributed by atoms with Crippen LogP contribution in [-0.2, 0) is 0 Å². The Kier molecular flexibility index (Phi) is 9.71. The molecule has 0 aromatic heterocycles. The van der Waals surface area contributed by atoms with E-state index in [1.807, 2.05) is 0 Å². The first-order valence-corrected chi connectivity index (χ1v) is 8.92. The van der Waals surface area contributed by atoms with E-state index in [0.717, 1.165) is 12.5 Å². The normalized spacial score (nSPS) is 25.0. The maximum Gasteiger partial charge on any atom is 0.188 e. The maximum atomic E-state index is 6.06. The summed E-state index contributed by atoms with van der Waals surface area (Å²) in [6, 6.07) is 0.561. The van der Waals surface area contributed by atoms with Gasteiger partial charge in [0.25, 0.3) is 0 Å². The number of nitrogens with zero attached hydrogens (tertiary/aromatic N) is 2. The SMILES string of the molecule is CC(C)CN1CCCC(CN=C(N)NC2CCCCC2)C1.I. The summed E-state index contributed by atoms with van der Waals surface area (Å²) >= 11 is 0. The van der Waals surface area contributed by atoms with Gasteiger partial charge in [-0.15, -0.1) is 24.0 Å². The molecule has 1 aliphatic carbocycles. The van der Waals surface area contributed by atoms with Gasteiger partial charge >= 0.3 is 0 Å². The summed E-state index contributed by atoms with van der Waals surface area (Å²) in [6.45, 7) is 9.16. The zero-order chi connectivity index (χ0) is 15.1. The molecule has 1 aliphatic heterocycles. The fourth-order valence-electron chi connectivity index (χ4n) is 3.71. The van der Waals surface area contributed by atoms with Gasteiger partial charge in [0.05, 0.1) is 0 Å². The molecule has 0 bridgehead atoms. The zero-order valence-corrected chi connectivity index (χ0v) is 16.7. The van der Waals surface area contributed by atoms with Crippen molar-refractivity contribution < 1.29 is 0 Å². The lowest BCUT2D eigenvalue weighted by Crippen LogP contribution is -2.42. The molecular formula is C17H35IN4. The van der Waals surface area contributed by atoms with Crippen molar-refractivity contribution in [3.63, 3.8) is 0 Å². The lowest BCUT2D eigenvalue weighted by Gasteiger charge is -2.33. The van der Waals surface area contributed by atoms with Crippen molar-refractivity contribution in [2.75, 3.05) is 26.2 Å². The molecule has 1 atom stereocenters. The van der Waals surface area contributed by atoms with Crippen LogP contribution in [0.15, 0.2) is 4.99 Å². The maximum absolute atomic E-state index is 6.06. The van der Waals surface area contributed by atoms with Crippen LogP contribution in [0.3, 0.4) is 0 Å². The smallest absolute Gasteiger partial charge is 0.188 e. The predicted octanol–water partition coefficient (Wildman–Crippen LogP) is 3.21. The van der Waals surface area contributed by atoms with Crippen LogP contribution in [0, 0.1) is 11.8 Å². The van der Waals surface area contributed by atoms with E-state index >= 15 is 0 Å². The first kappa shape index (κ1) is 20.0. The van der Waals surface area contributed by atoms with Crippen LogP contribution in [0.1, 0.15) is 58.8 Å². The highest BCUT2D eigenvalue weighted by molar-refractivity contribution is 14.0. The lowest BCUT2D eigenvalue weighted by atomic mass is 9.96. The average Bonchev–Trinajstić information content (AvgIpc) is 2.46. The molecule has 1 saturated carbocycles. The molecule has 5 heteroatoms. The van der Waals surface area contributed by atoms with Crippen LogP contribution in [0.4, 0.5) is 0 Å². The number of guanidine groups is 1. The van der Waals surface area contributed by atoms with Crippen LogP contribution >= 0.6 is 24.0 Å². The van der Waals surface area contributed by atoms with Gasteiger partial charge in [0.2, 0.25) is 0 Å². The van der Waals surface area contributed by atoms with E-state index in [1.54, 1.807) is 0 Å². The van der Waals surface area contributed by atoms with E-state index in [9.17, 15) is 0 Å². The van der Waals surface area contributed by atoms with Gasteiger partial charge in [0.1, 0.15) is 0 Å². The molecule has 1 saturated heterocycles. The molecular weight excluding hydrogens is 387 g/mol. The Bertz CT molecular complexity index is 327. The Labute approximate surface area is 153 Å². The molecule has 0 aromatic rings. The number of hydrogen-bond acceptors (Lipinski definition) is 2. The first-order valence-electron chi connectivity index (χ1n) is 8.92.